The highest BCUT2D eigenvalue weighted by Crippen LogP contribution is 2.30. The van der Waals surface area contributed by atoms with E-state index < -0.39 is 16.9 Å². The number of rotatable bonds is 9. The molecule has 0 saturated heterocycles. The molecule has 0 bridgehead atoms. The van der Waals surface area contributed by atoms with E-state index in [1.165, 1.54) is 30.4 Å². The summed E-state index contributed by atoms with van der Waals surface area (Å²) >= 11 is 0. The summed E-state index contributed by atoms with van der Waals surface area (Å²) in [7, 11) is 0. The number of nitrogens with one attached hydrogen (secondary N) is 2. The highest BCUT2D eigenvalue weighted by atomic mass is 16.6. The fourth-order valence-corrected chi connectivity index (χ4v) is 3.38. The van der Waals surface area contributed by atoms with Crippen molar-refractivity contribution < 1.29 is 24.7 Å². The summed E-state index contributed by atoms with van der Waals surface area (Å²) in [5.74, 6) is -1.57. The second-order valence-corrected chi connectivity index (χ2v) is 7.70. The van der Waals surface area contributed by atoms with Gasteiger partial charge in [0, 0.05) is 35.7 Å². The van der Waals surface area contributed by atoms with Crippen molar-refractivity contribution >= 4 is 63.8 Å². The summed E-state index contributed by atoms with van der Waals surface area (Å²) < 4.78 is 0. The number of carboxylic acids is 2. The normalized spacial score (nSPS) is 11.1. The molecule has 1 heterocycles. The number of nitrogens with zero attached hydrogens (tertiary/aromatic N) is 3. The van der Waals surface area contributed by atoms with E-state index >= 15 is 0 Å². The maximum atomic E-state index is 11.2. The third kappa shape index (κ3) is 6.51. The number of aromatic nitrogens is 2. The van der Waals surface area contributed by atoms with Crippen molar-refractivity contribution in [1.82, 2.24) is 9.97 Å². The third-order valence-electron chi connectivity index (χ3n) is 4.99. The Morgan fingerprint density at radius 3 is 1.76 bits per heavy atom. The van der Waals surface area contributed by atoms with Gasteiger partial charge >= 0.3 is 11.9 Å². The highest BCUT2D eigenvalue weighted by molar-refractivity contribution is 5.87. The SMILES string of the molecule is O=C(O)C=Cc1cccc(Nc2nc3ccc([N+](=O)[O-])cc3nc2Nc2cccc(C=CC(=O)O)c2)c1. The van der Waals surface area contributed by atoms with Gasteiger partial charge in [0.05, 0.1) is 16.0 Å². The van der Waals surface area contributed by atoms with Crippen LogP contribution in [0.25, 0.3) is 23.2 Å². The number of carbonyl (C=O) groups is 2. The van der Waals surface area contributed by atoms with Crippen LogP contribution in [0.2, 0.25) is 0 Å². The van der Waals surface area contributed by atoms with Gasteiger partial charge in [0.15, 0.2) is 11.6 Å². The van der Waals surface area contributed by atoms with Gasteiger partial charge in [0.1, 0.15) is 0 Å². The Morgan fingerprint density at radius 2 is 1.27 bits per heavy atom. The van der Waals surface area contributed by atoms with Gasteiger partial charge in [-0.2, -0.15) is 0 Å². The lowest BCUT2D eigenvalue weighted by Crippen LogP contribution is -2.04. The van der Waals surface area contributed by atoms with E-state index in [0.717, 1.165) is 12.2 Å². The Hall–Kier alpha value is -5.58. The molecule has 37 heavy (non-hydrogen) atoms. The minimum Gasteiger partial charge on any atom is -0.478 e. The molecule has 1 aromatic heterocycles. The van der Waals surface area contributed by atoms with E-state index in [1.807, 2.05) is 0 Å². The quantitative estimate of drug-likeness (QED) is 0.137. The summed E-state index contributed by atoms with van der Waals surface area (Å²) in [6.07, 6.45) is 4.94. The smallest absolute Gasteiger partial charge is 0.328 e. The second-order valence-electron chi connectivity index (χ2n) is 7.70. The molecule has 11 nitrogen and oxygen atoms in total. The van der Waals surface area contributed by atoms with E-state index in [9.17, 15) is 19.7 Å². The Labute approximate surface area is 209 Å². The van der Waals surface area contributed by atoms with Gasteiger partial charge in [0.25, 0.3) is 5.69 Å². The van der Waals surface area contributed by atoms with E-state index in [-0.39, 0.29) is 11.5 Å². The van der Waals surface area contributed by atoms with E-state index in [2.05, 4.69) is 20.6 Å². The van der Waals surface area contributed by atoms with Crippen LogP contribution in [0.3, 0.4) is 0 Å². The molecule has 4 aromatic rings. The molecule has 184 valence electrons. The zero-order chi connectivity index (χ0) is 26.4. The Balaban J connectivity index is 1.75. The third-order valence-corrected chi connectivity index (χ3v) is 4.99. The van der Waals surface area contributed by atoms with Crippen LogP contribution in [0.1, 0.15) is 11.1 Å². The van der Waals surface area contributed by atoms with Gasteiger partial charge in [-0.1, -0.05) is 24.3 Å². The van der Waals surface area contributed by atoms with E-state index in [0.29, 0.717) is 39.4 Å². The molecule has 0 aliphatic rings. The Kier molecular flexibility index (Phi) is 7.15. The zero-order valence-electron chi connectivity index (χ0n) is 19.0. The lowest BCUT2D eigenvalue weighted by Gasteiger charge is -2.14. The van der Waals surface area contributed by atoms with Crippen LogP contribution in [-0.2, 0) is 9.59 Å². The predicted molar refractivity (Wildman–Crippen MR) is 139 cm³/mol. The highest BCUT2D eigenvalue weighted by Gasteiger charge is 2.14. The first kappa shape index (κ1) is 24.5. The van der Waals surface area contributed by atoms with Crippen LogP contribution in [0.4, 0.5) is 28.7 Å². The molecular weight excluding hydrogens is 478 g/mol. The Bertz CT molecular complexity index is 1580. The lowest BCUT2D eigenvalue weighted by atomic mass is 10.2. The standard InChI is InChI=1S/C26H19N5O6/c32-23(33)11-7-16-3-1-5-18(13-16)27-25-26(28-19-6-2-4-17(14-19)8-12-24(34)35)30-22-15-20(31(36)37)9-10-21(22)29-25/h1-15H,(H,27,29)(H,28,30)(H,32,33)(H,34,35). The Morgan fingerprint density at radius 1 is 0.757 bits per heavy atom. The van der Waals surface area contributed by atoms with Crippen molar-refractivity contribution in [2.45, 2.75) is 0 Å². The van der Waals surface area contributed by atoms with Gasteiger partial charge in [-0.25, -0.2) is 19.6 Å². The molecule has 0 fully saturated rings. The first-order valence-electron chi connectivity index (χ1n) is 10.8. The number of nitro benzene ring substituents is 1. The number of hydrogen-bond donors (Lipinski definition) is 4. The summed E-state index contributed by atoms with van der Waals surface area (Å²) in [6.45, 7) is 0. The predicted octanol–water partition coefficient (Wildman–Crippen LogP) is 5.22. The molecule has 0 radical (unpaired) electrons. The summed E-state index contributed by atoms with van der Waals surface area (Å²) in [6, 6.07) is 18.0. The molecular formula is C26H19N5O6. The number of aliphatic carboxylic acids is 2. The topological polar surface area (TPSA) is 168 Å². The summed E-state index contributed by atoms with van der Waals surface area (Å²) in [4.78, 5) is 41.6. The van der Waals surface area contributed by atoms with Crippen LogP contribution in [0.15, 0.2) is 78.9 Å². The number of anilines is 4. The van der Waals surface area contributed by atoms with E-state index in [4.69, 9.17) is 10.2 Å². The van der Waals surface area contributed by atoms with Crippen molar-refractivity contribution in [1.29, 1.82) is 0 Å². The number of benzene rings is 3. The minimum absolute atomic E-state index is 0.132. The van der Waals surface area contributed by atoms with Gasteiger partial charge in [-0.05, 0) is 53.6 Å². The van der Waals surface area contributed by atoms with E-state index in [1.54, 1.807) is 48.5 Å². The fourth-order valence-electron chi connectivity index (χ4n) is 3.38. The van der Waals surface area contributed by atoms with Crippen LogP contribution >= 0.6 is 0 Å². The average Bonchev–Trinajstić information content (AvgIpc) is 2.86. The van der Waals surface area contributed by atoms with Crippen LogP contribution in [0, 0.1) is 10.1 Å². The lowest BCUT2D eigenvalue weighted by molar-refractivity contribution is -0.384. The number of nitro groups is 1. The molecule has 11 heteroatoms. The maximum absolute atomic E-state index is 11.2. The number of hydrogen-bond acceptors (Lipinski definition) is 8. The molecule has 0 aliphatic carbocycles. The van der Waals surface area contributed by atoms with Crippen LogP contribution in [0.5, 0.6) is 0 Å². The molecule has 0 unspecified atom stereocenters. The maximum Gasteiger partial charge on any atom is 0.328 e. The van der Waals surface area contributed by atoms with Gasteiger partial charge in [-0.15, -0.1) is 0 Å². The molecule has 0 spiro atoms. The van der Waals surface area contributed by atoms with Crippen molar-refractivity contribution in [3.05, 3.63) is 100 Å². The number of fused-ring (bicyclic) bond motifs is 1. The minimum atomic E-state index is -1.08. The summed E-state index contributed by atoms with van der Waals surface area (Å²) in [5.41, 5.74) is 3.03. The largest absolute Gasteiger partial charge is 0.478 e. The van der Waals surface area contributed by atoms with Crippen molar-refractivity contribution in [3.63, 3.8) is 0 Å². The monoisotopic (exact) mass is 497 g/mol. The second kappa shape index (κ2) is 10.8. The van der Waals surface area contributed by atoms with Gasteiger partial charge < -0.3 is 20.8 Å². The molecule has 0 aliphatic heterocycles. The molecule has 4 rings (SSSR count). The molecule has 4 N–H and O–H groups in total. The fraction of sp³-hybridized carbons (Fsp3) is 0. The number of non-ortho nitro benzene ring substituents is 1. The van der Waals surface area contributed by atoms with Crippen molar-refractivity contribution in [2.24, 2.45) is 0 Å². The van der Waals surface area contributed by atoms with Crippen molar-refractivity contribution in [2.75, 3.05) is 10.6 Å². The van der Waals surface area contributed by atoms with Gasteiger partial charge in [-0.3, -0.25) is 10.1 Å². The van der Waals surface area contributed by atoms with Crippen LogP contribution in [-0.4, -0.2) is 37.0 Å². The summed E-state index contributed by atoms with van der Waals surface area (Å²) in [5, 5.41) is 35.3. The molecule has 3 aromatic carbocycles. The molecule has 0 atom stereocenters. The van der Waals surface area contributed by atoms with Crippen molar-refractivity contribution in [3.8, 4) is 0 Å². The van der Waals surface area contributed by atoms with Gasteiger partial charge in [0.2, 0.25) is 0 Å². The first-order chi connectivity index (χ1) is 17.8. The first-order valence-corrected chi connectivity index (χ1v) is 10.8. The average molecular weight is 497 g/mol. The molecule has 0 saturated carbocycles. The van der Waals surface area contributed by atoms with Crippen LogP contribution < -0.4 is 10.6 Å². The number of carboxylic acid groups (broad SMARTS) is 2. The zero-order valence-corrected chi connectivity index (χ0v) is 19.0. The molecule has 0 amide bonds.